The molecule has 0 radical (unpaired) electrons. The minimum atomic E-state index is 0.104. The van der Waals surface area contributed by atoms with Crippen molar-refractivity contribution in [2.45, 2.75) is 13.5 Å². The third-order valence-electron chi connectivity index (χ3n) is 4.55. The molecule has 3 N–H and O–H groups in total. The van der Waals surface area contributed by atoms with Gasteiger partial charge in [0.05, 0.1) is 9.21 Å². The van der Waals surface area contributed by atoms with E-state index in [1.807, 2.05) is 37.3 Å². The molecule has 0 aliphatic carbocycles. The van der Waals surface area contributed by atoms with Gasteiger partial charge in [-0.3, -0.25) is 4.79 Å². The largest absolute Gasteiger partial charge is 0.321 e. The lowest BCUT2D eigenvalue weighted by molar-refractivity contribution is -1.01. The van der Waals surface area contributed by atoms with Crippen LogP contribution >= 0.6 is 22.9 Å². The van der Waals surface area contributed by atoms with Crippen molar-refractivity contribution in [1.82, 2.24) is 0 Å². The zero-order chi connectivity index (χ0) is 16.9. The van der Waals surface area contributed by atoms with Crippen LogP contribution in [0.2, 0.25) is 4.34 Å². The average Bonchev–Trinajstić information content (AvgIpc) is 2.96. The van der Waals surface area contributed by atoms with Crippen LogP contribution in [0, 0.1) is 6.92 Å². The summed E-state index contributed by atoms with van der Waals surface area (Å²) in [6, 6.07) is 12.0. The summed E-state index contributed by atoms with van der Waals surface area (Å²) in [5.74, 6) is 0.104. The molecule has 0 atom stereocenters. The fourth-order valence-corrected chi connectivity index (χ4v) is 4.30. The molecule has 3 rings (SSSR count). The molecule has 1 fully saturated rings. The van der Waals surface area contributed by atoms with Crippen molar-refractivity contribution >= 4 is 34.5 Å². The molecule has 1 aliphatic heterocycles. The van der Waals surface area contributed by atoms with E-state index in [9.17, 15) is 4.79 Å². The Bertz CT molecular complexity index is 695. The first-order valence-electron chi connectivity index (χ1n) is 8.37. The Morgan fingerprint density at radius 1 is 1.12 bits per heavy atom. The Morgan fingerprint density at radius 2 is 1.83 bits per heavy atom. The van der Waals surface area contributed by atoms with E-state index in [0.29, 0.717) is 6.54 Å². The zero-order valence-corrected chi connectivity index (χ0v) is 15.5. The first-order valence-corrected chi connectivity index (χ1v) is 9.56. The summed E-state index contributed by atoms with van der Waals surface area (Å²) in [7, 11) is 0. The highest BCUT2D eigenvalue weighted by Gasteiger charge is 2.25. The van der Waals surface area contributed by atoms with Crippen LogP contribution < -0.4 is 15.1 Å². The van der Waals surface area contributed by atoms with Crippen LogP contribution in [0.25, 0.3) is 0 Å². The number of thiophene rings is 1. The molecule has 0 unspecified atom stereocenters. The molecule has 1 saturated heterocycles. The minimum absolute atomic E-state index is 0.104. The number of para-hydroxylation sites is 1. The summed E-state index contributed by atoms with van der Waals surface area (Å²) in [5, 5.41) is 3.03. The van der Waals surface area contributed by atoms with Gasteiger partial charge in [0.25, 0.3) is 5.91 Å². The van der Waals surface area contributed by atoms with E-state index in [1.54, 1.807) is 16.2 Å². The van der Waals surface area contributed by atoms with Crippen molar-refractivity contribution in [3.05, 3.63) is 51.2 Å². The van der Waals surface area contributed by atoms with Gasteiger partial charge in [-0.1, -0.05) is 29.8 Å². The number of rotatable bonds is 5. The molecule has 0 saturated carbocycles. The van der Waals surface area contributed by atoms with Gasteiger partial charge in [-0.25, -0.2) is 0 Å². The molecule has 4 nitrogen and oxygen atoms in total. The lowest BCUT2D eigenvalue weighted by atomic mass is 10.2. The molecule has 1 aliphatic rings. The minimum Gasteiger partial charge on any atom is -0.321 e. The number of hydrogen-bond donors (Lipinski definition) is 3. The number of aryl methyl sites for hydroxylation is 1. The molecule has 0 spiro atoms. The number of piperazine rings is 1. The number of carbonyl (C=O) groups excluding carboxylic acids is 1. The number of hydrogen-bond acceptors (Lipinski definition) is 2. The molecule has 24 heavy (non-hydrogen) atoms. The van der Waals surface area contributed by atoms with Gasteiger partial charge in [0.15, 0.2) is 6.54 Å². The Kier molecular flexibility index (Phi) is 5.89. The van der Waals surface area contributed by atoms with E-state index >= 15 is 0 Å². The fraction of sp³-hybridized carbons (Fsp3) is 0.389. The van der Waals surface area contributed by atoms with Gasteiger partial charge in [0.2, 0.25) is 0 Å². The molecule has 2 heterocycles. The summed E-state index contributed by atoms with van der Waals surface area (Å²) in [5.41, 5.74) is 2.02. The first kappa shape index (κ1) is 17.4. The molecule has 2 aromatic rings. The average molecular weight is 366 g/mol. The number of anilines is 1. The number of halogens is 1. The Balaban J connectivity index is 1.43. The second-order valence-electron chi connectivity index (χ2n) is 6.42. The van der Waals surface area contributed by atoms with Crippen molar-refractivity contribution in [3.63, 3.8) is 0 Å². The Hall–Kier alpha value is -1.40. The summed E-state index contributed by atoms with van der Waals surface area (Å²) in [6.45, 7) is 7.88. The summed E-state index contributed by atoms with van der Waals surface area (Å²) >= 11 is 7.67. The Labute approximate surface area is 152 Å². The topological polar surface area (TPSA) is 38.0 Å². The highest BCUT2D eigenvalue weighted by molar-refractivity contribution is 7.16. The van der Waals surface area contributed by atoms with Crippen LogP contribution in [0.1, 0.15) is 10.4 Å². The highest BCUT2D eigenvalue weighted by Crippen LogP contribution is 2.20. The summed E-state index contributed by atoms with van der Waals surface area (Å²) < 4.78 is 0.863. The van der Waals surface area contributed by atoms with Crippen molar-refractivity contribution in [1.29, 1.82) is 0 Å². The number of nitrogens with one attached hydrogen (secondary N) is 3. The van der Waals surface area contributed by atoms with Gasteiger partial charge in [0, 0.05) is 5.69 Å². The van der Waals surface area contributed by atoms with Gasteiger partial charge < -0.3 is 15.1 Å². The van der Waals surface area contributed by atoms with Gasteiger partial charge in [-0.05, 0) is 30.7 Å². The predicted molar refractivity (Wildman–Crippen MR) is 99.1 cm³/mol. The molecular weight excluding hydrogens is 342 g/mol. The monoisotopic (exact) mass is 365 g/mol. The van der Waals surface area contributed by atoms with Crippen molar-refractivity contribution < 1.29 is 14.6 Å². The molecule has 1 amide bonds. The van der Waals surface area contributed by atoms with Gasteiger partial charge in [-0.2, -0.15) is 0 Å². The second kappa shape index (κ2) is 8.12. The normalized spacial score (nSPS) is 20.8. The lowest BCUT2D eigenvalue weighted by Gasteiger charge is -2.29. The third-order valence-corrected chi connectivity index (χ3v) is 5.78. The second-order valence-corrected chi connectivity index (χ2v) is 8.22. The zero-order valence-electron chi connectivity index (χ0n) is 13.9. The standard InChI is InChI=1S/C18H22ClN3OS/c1-14-4-2-3-5-16(14)20-18(23)13-22-10-8-21(9-11-22)12-15-6-7-17(19)24-15/h2-7H,8-13H2,1H3,(H,20,23)/p+2. The number of quaternary nitrogens is 2. The van der Waals surface area contributed by atoms with E-state index < -0.39 is 0 Å². The van der Waals surface area contributed by atoms with Crippen LogP contribution in [0.5, 0.6) is 0 Å². The maximum Gasteiger partial charge on any atom is 0.279 e. The van der Waals surface area contributed by atoms with Gasteiger partial charge >= 0.3 is 0 Å². The molecule has 0 bridgehead atoms. The maximum atomic E-state index is 12.3. The van der Waals surface area contributed by atoms with E-state index in [2.05, 4.69) is 11.4 Å². The SMILES string of the molecule is Cc1ccccc1NC(=O)C[NH+]1CC[NH+](Cc2ccc(Cl)s2)CC1. The van der Waals surface area contributed by atoms with Crippen molar-refractivity contribution in [2.75, 3.05) is 38.0 Å². The van der Waals surface area contributed by atoms with Gasteiger partial charge in [-0.15, -0.1) is 11.3 Å². The van der Waals surface area contributed by atoms with Crippen LogP contribution in [-0.4, -0.2) is 38.6 Å². The number of benzene rings is 1. The Morgan fingerprint density at radius 3 is 2.50 bits per heavy atom. The first-order chi connectivity index (χ1) is 11.6. The predicted octanol–water partition coefficient (Wildman–Crippen LogP) is 0.632. The van der Waals surface area contributed by atoms with E-state index in [1.165, 1.54) is 9.78 Å². The molecule has 1 aromatic heterocycles. The molecule has 1 aromatic carbocycles. The fourth-order valence-electron chi connectivity index (χ4n) is 3.14. The summed E-state index contributed by atoms with van der Waals surface area (Å²) in [6.07, 6.45) is 0. The van der Waals surface area contributed by atoms with Crippen molar-refractivity contribution in [3.8, 4) is 0 Å². The maximum absolute atomic E-state index is 12.3. The number of amides is 1. The number of carbonyl (C=O) groups is 1. The summed E-state index contributed by atoms with van der Waals surface area (Å²) in [4.78, 5) is 16.5. The highest BCUT2D eigenvalue weighted by atomic mass is 35.5. The van der Waals surface area contributed by atoms with Crippen LogP contribution in [0.15, 0.2) is 36.4 Å². The molecular formula is C18H24ClN3OS+2. The van der Waals surface area contributed by atoms with Crippen molar-refractivity contribution in [2.24, 2.45) is 0 Å². The van der Waals surface area contributed by atoms with E-state index in [0.717, 1.165) is 48.3 Å². The van der Waals surface area contributed by atoms with Crippen LogP contribution in [0.4, 0.5) is 5.69 Å². The third kappa shape index (κ3) is 4.80. The smallest absolute Gasteiger partial charge is 0.279 e. The van der Waals surface area contributed by atoms with Crippen LogP contribution in [-0.2, 0) is 11.3 Å². The molecule has 128 valence electrons. The van der Waals surface area contributed by atoms with Gasteiger partial charge in [0.1, 0.15) is 32.7 Å². The van der Waals surface area contributed by atoms with E-state index in [-0.39, 0.29) is 5.91 Å². The molecule has 6 heteroatoms. The van der Waals surface area contributed by atoms with Crippen LogP contribution in [0.3, 0.4) is 0 Å². The quantitative estimate of drug-likeness (QED) is 0.714. The van der Waals surface area contributed by atoms with E-state index in [4.69, 9.17) is 11.6 Å². The lowest BCUT2D eigenvalue weighted by Crippen LogP contribution is -3.28.